The van der Waals surface area contributed by atoms with Gasteiger partial charge in [-0.25, -0.2) is 4.39 Å². The normalized spacial score (nSPS) is 10.4. The molecule has 0 spiro atoms. The Balaban J connectivity index is 2.87. The van der Waals surface area contributed by atoms with Crippen molar-refractivity contribution in [3.8, 4) is 5.75 Å². The molecule has 0 saturated heterocycles. The lowest BCUT2D eigenvalue weighted by Crippen LogP contribution is -2.35. The van der Waals surface area contributed by atoms with Gasteiger partial charge in [-0.05, 0) is 12.1 Å². The molecule has 0 aliphatic carbocycles. The van der Waals surface area contributed by atoms with Crippen molar-refractivity contribution in [2.75, 3.05) is 32.1 Å². The number of ether oxygens (including phenoxy) is 1. The molecule has 1 amide bonds. The molecule has 1 N–H and O–H groups in total. The number of rotatable bonds is 6. The third kappa shape index (κ3) is 3.96. The van der Waals surface area contributed by atoms with Crippen molar-refractivity contribution in [3.63, 3.8) is 0 Å². The maximum Gasteiger partial charge on any atom is 0.257 e. The summed E-state index contributed by atoms with van der Waals surface area (Å²) in [7, 11) is 1.55. The number of hydrogen-bond acceptors (Lipinski definition) is 3. The minimum Gasteiger partial charge on any atom is -0.507 e. The number of amides is 1. The lowest BCUT2D eigenvalue weighted by molar-refractivity contribution is 0.0706. The average Bonchev–Trinajstić information content (AvgIpc) is 2.33. The van der Waals surface area contributed by atoms with Crippen LogP contribution in [0.3, 0.4) is 0 Å². The first-order chi connectivity index (χ1) is 8.60. The van der Waals surface area contributed by atoms with Gasteiger partial charge in [0.2, 0.25) is 0 Å². The van der Waals surface area contributed by atoms with Gasteiger partial charge in [-0.15, -0.1) is 0 Å². The topological polar surface area (TPSA) is 49.8 Å². The molecular formula is C12H15BrFNO3. The number of methoxy groups -OCH3 is 1. The highest BCUT2D eigenvalue weighted by molar-refractivity contribution is 9.09. The van der Waals surface area contributed by atoms with E-state index in [-0.39, 0.29) is 17.2 Å². The SMILES string of the molecule is COCCN(CCBr)C(=O)c1ccc(F)cc1O. The Morgan fingerprint density at radius 2 is 2.22 bits per heavy atom. The number of carbonyl (C=O) groups is 1. The van der Waals surface area contributed by atoms with Crippen molar-refractivity contribution in [3.05, 3.63) is 29.6 Å². The molecule has 1 rings (SSSR count). The molecule has 0 heterocycles. The highest BCUT2D eigenvalue weighted by Crippen LogP contribution is 2.20. The maximum atomic E-state index is 12.9. The number of alkyl halides is 1. The van der Waals surface area contributed by atoms with Crippen molar-refractivity contribution >= 4 is 21.8 Å². The number of halogens is 2. The summed E-state index contributed by atoms with van der Waals surface area (Å²) in [5, 5.41) is 10.2. The summed E-state index contributed by atoms with van der Waals surface area (Å²) in [6.45, 7) is 1.30. The molecule has 18 heavy (non-hydrogen) atoms. The van der Waals surface area contributed by atoms with Crippen molar-refractivity contribution < 1.29 is 19.0 Å². The van der Waals surface area contributed by atoms with Crippen LogP contribution in [-0.4, -0.2) is 48.0 Å². The largest absolute Gasteiger partial charge is 0.507 e. The number of nitrogens with zero attached hydrogens (tertiary/aromatic N) is 1. The fourth-order valence-electron chi connectivity index (χ4n) is 1.47. The standard InChI is InChI=1S/C12H15BrFNO3/c1-18-7-6-15(5-4-13)12(17)10-3-2-9(14)8-11(10)16/h2-3,8,16H,4-7H2,1H3. The van der Waals surface area contributed by atoms with Gasteiger partial charge in [-0.2, -0.15) is 0 Å². The quantitative estimate of drug-likeness (QED) is 0.816. The molecule has 0 aromatic heterocycles. The Labute approximate surface area is 113 Å². The number of carbonyl (C=O) groups excluding carboxylic acids is 1. The van der Waals surface area contributed by atoms with Gasteiger partial charge in [0.1, 0.15) is 11.6 Å². The molecule has 0 unspecified atom stereocenters. The van der Waals surface area contributed by atoms with E-state index in [2.05, 4.69) is 15.9 Å². The predicted octanol–water partition coefficient (Wildman–Crippen LogP) is 2.01. The Morgan fingerprint density at radius 3 is 2.78 bits per heavy atom. The predicted molar refractivity (Wildman–Crippen MR) is 69.6 cm³/mol. The second-order valence-corrected chi connectivity index (χ2v) is 4.43. The van der Waals surface area contributed by atoms with Gasteiger partial charge < -0.3 is 14.7 Å². The van der Waals surface area contributed by atoms with E-state index < -0.39 is 5.82 Å². The number of benzene rings is 1. The van der Waals surface area contributed by atoms with Crippen molar-refractivity contribution in [1.29, 1.82) is 0 Å². The average molecular weight is 320 g/mol. The Bertz CT molecular complexity index is 414. The van der Waals surface area contributed by atoms with Crippen LogP contribution >= 0.6 is 15.9 Å². The molecule has 0 saturated carbocycles. The minimum absolute atomic E-state index is 0.0912. The highest BCUT2D eigenvalue weighted by atomic mass is 79.9. The van der Waals surface area contributed by atoms with E-state index in [1.165, 1.54) is 11.0 Å². The summed E-state index contributed by atoms with van der Waals surface area (Å²) in [5.74, 6) is -1.27. The van der Waals surface area contributed by atoms with E-state index in [1.807, 2.05) is 0 Å². The molecule has 4 nitrogen and oxygen atoms in total. The third-order valence-corrected chi connectivity index (χ3v) is 2.75. The van der Waals surface area contributed by atoms with Crippen LogP contribution in [-0.2, 0) is 4.74 Å². The molecule has 1 aromatic carbocycles. The smallest absolute Gasteiger partial charge is 0.257 e. The van der Waals surface area contributed by atoms with Crippen molar-refractivity contribution in [2.45, 2.75) is 0 Å². The zero-order valence-electron chi connectivity index (χ0n) is 10.0. The fraction of sp³-hybridized carbons (Fsp3) is 0.417. The molecule has 0 atom stereocenters. The number of phenols is 1. The Kier molecular flexibility index (Phi) is 6.07. The van der Waals surface area contributed by atoms with Gasteiger partial charge in [-0.3, -0.25) is 4.79 Å². The van der Waals surface area contributed by atoms with E-state index in [0.29, 0.717) is 25.0 Å². The minimum atomic E-state index is -0.576. The van der Waals surface area contributed by atoms with Crippen LogP contribution in [0.4, 0.5) is 4.39 Å². The molecule has 1 aromatic rings. The van der Waals surface area contributed by atoms with Crippen LogP contribution in [0.25, 0.3) is 0 Å². The van der Waals surface area contributed by atoms with Gasteiger partial charge in [0, 0.05) is 31.6 Å². The number of hydrogen-bond donors (Lipinski definition) is 1. The second-order valence-electron chi connectivity index (χ2n) is 3.64. The van der Waals surface area contributed by atoms with E-state index in [1.54, 1.807) is 7.11 Å². The lowest BCUT2D eigenvalue weighted by Gasteiger charge is -2.21. The summed E-state index contributed by atoms with van der Waals surface area (Å²) in [6.07, 6.45) is 0. The first-order valence-corrected chi connectivity index (χ1v) is 6.55. The molecule has 100 valence electrons. The van der Waals surface area contributed by atoms with Gasteiger partial charge in [0.05, 0.1) is 12.2 Å². The third-order valence-electron chi connectivity index (χ3n) is 2.40. The van der Waals surface area contributed by atoms with Crippen LogP contribution in [0.15, 0.2) is 18.2 Å². The zero-order chi connectivity index (χ0) is 13.5. The first kappa shape index (κ1) is 14.9. The van der Waals surface area contributed by atoms with Crippen LogP contribution in [0.2, 0.25) is 0 Å². The highest BCUT2D eigenvalue weighted by Gasteiger charge is 2.18. The summed E-state index contributed by atoms with van der Waals surface area (Å²) in [4.78, 5) is 13.7. The van der Waals surface area contributed by atoms with Crippen molar-refractivity contribution in [2.24, 2.45) is 0 Å². The van der Waals surface area contributed by atoms with E-state index >= 15 is 0 Å². The number of aromatic hydroxyl groups is 1. The lowest BCUT2D eigenvalue weighted by atomic mass is 10.1. The van der Waals surface area contributed by atoms with Gasteiger partial charge in [0.25, 0.3) is 5.91 Å². The summed E-state index contributed by atoms with van der Waals surface area (Å²) >= 11 is 3.26. The van der Waals surface area contributed by atoms with E-state index in [0.717, 1.165) is 12.1 Å². The Hall–Kier alpha value is -1.14. The number of phenolic OH excluding ortho intramolecular Hbond substituents is 1. The maximum absolute atomic E-state index is 12.9. The first-order valence-electron chi connectivity index (χ1n) is 5.42. The molecule has 0 bridgehead atoms. The van der Waals surface area contributed by atoms with Crippen LogP contribution < -0.4 is 0 Å². The van der Waals surface area contributed by atoms with Crippen LogP contribution in [0, 0.1) is 5.82 Å². The fourth-order valence-corrected chi connectivity index (χ4v) is 1.90. The van der Waals surface area contributed by atoms with Gasteiger partial charge >= 0.3 is 0 Å². The molecule has 6 heteroatoms. The summed E-state index contributed by atoms with van der Waals surface area (Å²) in [5.41, 5.74) is 0.0912. The summed E-state index contributed by atoms with van der Waals surface area (Å²) in [6, 6.07) is 3.35. The Morgan fingerprint density at radius 1 is 1.50 bits per heavy atom. The van der Waals surface area contributed by atoms with Crippen LogP contribution in [0.5, 0.6) is 5.75 Å². The molecule has 0 aliphatic heterocycles. The zero-order valence-corrected chi connectivity index (χ0v) is 11.6. The van der Waals surface area contributed by atoms with Crippen molar-refractivity contribution in [1.82, 2.24) is 4.90 Å². The van der Waals surface area contributed by atoms with Crippen LogP contribution in [0.1, 0.15) is 10.4 Å². The van der Waals surface area contributed by atoms with Gasteiger partial charge in [0.15, 0.2) is 0 Å². The monoisotopic (exact) mass is 319 g/mol. The summed E-state index contributed by atoms with van der Waals surface area (Å²) < 4.78 is 17.8. The molecule has 0 radical (unpaired) electrons. The molecule has 0 aliphatic rings. The van der Waals surface area contributed by atoms with E-state index in [9.17, 15) is 14.3 Å². The second kappa shape index (κ2) is 7.33. The molecular weight excluding hydrogens is 305 g/mol. The van der Waals surface area contributed by atoms with Gasteiger partial charge in [-0.1, -0.05) is 15.9 Å². The molecule has 0 fully saturated rings. The van der Waals surface area contributed by atoms with E-state index in [4.69, 9.17) is 4.74 Å².